The minimum absolute atomic E-state index is 0.0852. The third kappa shape index (κ3) is 3.25. The number of urea groups is 1. The lowest BCUT2D eigenvalue weighted by Crippen LogP contribution is -2.19. The second kappa shape index (κ2) is 6.25. The zero-order chi connectivity index (χ0) is 17.1. The van der Waals surface area contributed by atoms with Gasteiger partial charge in [0.15, 0.2) is 11.2 Å². The summed E-state index contributed by atoms with van der Waals surface area (Å²) in [6, 6.07) is 13.5. The lowest BCUT2D eigenvalue weighted by atomic mass is 10.2. The van der Waals surface area contributed by atoms with Gasteiger partial charge < -0.3 is 20.8 Å². The summed E-state index contributed by atoms with van der Waals surface area (Å²) in [5.41, 5.74) is 6.05. The summed E-state index contributed by atoms with van der Waals surface area (Å²) in [4.78, 5) is 35.0. The topological polar surface area (TPSA) is 114 Å². The van der Waals surface area contributed by atoms with E-state index in [0.29, 0.717) is 22.3 Å². The van der Waals surface area contributed by atoms with Crippen molar-refractivity contribution in [1.29, 1.82) is 0 Å². The van der Waals surface area contributed by atoms with E-state index in [1.807, 2.05) is 0 Å². The molecule has 7 nitrogen and oxygen atoms in total. The van der Waals surface area contributed by atoms with Crippen LogP contribution in [0.25, 0.3) is 11.0 Å². The maximum atomic E-state index is 12.2. The molecule has 24 heavy (non-hydrogen) atoms. The first-order valence-corrected chi connectivity index (χ1v) is 7.04. The standard InChI is InChI=1S/C17H13N3O4/c18-17(23)20-11-7-5-10(6-8-11)19-16(22)15-9-13(21)12-3-1-2-4-14(12)24-15/h1-9H,(H,19,22)(H3,18,20,23). The minimum Gasteiger partial charge on any atom is -0.451 e. The number of carbonyl (C=O) groups is 2. The van der Waals surface area contributed by atoms with Crippen molar-refractivity contribution in [2.24, 2.45) is 5.73 Å². The number of amides is 3. The highest BCUT2D eigenvalue weighted by Crippen LogP contribution is 2.16. The molecule has 4 N–H and O–H groups in total. The molecule has 0 radical (unpaired) electrons. The lowest BCUT2D eigenvalue weighted by Gasteiger charge is -2.07. The first-order chi connectivity index (χ1) is 11.5. The Morgan fingerprint density at radius 2 is 1.54 bits per heavy atom. The maximum Gasteiger partial charge on any atom is 0.316 e. The Labute approximate surface area is 136 Å². The predicted molar refractivity (Wildman–Crippen MR) is 90.1 cm³/mol. The van der Waals surface area contributed by atoms with Gasteiger partial charge in [0.2, 0.25) is 0 Å². The zero-order valence-corrected chi connectivity index (χ0v) is 12.4. The van der Waals surface area contributed by atoms with Gasteiger partial charge in [0.1, 0.15) is 5.58 Å². The highest BCUT2D eigenvalue weighted by molar-refractivity contribution is 6.03. The van der Waals surface area contributed by atoms with E-state index in [-0.39, 0.29) is 11.2 Å². The summed E-state index contributed by atoms with van der Waals surface area (Å²) in [7, 11) is 0. The van der Waals surface area contributed by atoms with Crippen molar-refractivity contribution in [2.75, 3.05) is 10.6 Å². The van der Waals surface area contributed by atoms with Crippen molar-refractivity contribution in [2.45, 2.75) is 0 Å². The van der Waals surface area contributed by atoms with Gasteiger partial charge in [-0.15, -0.1) is 0 Å². The number of para-hydroxylation sites is 1. The van der Waals surface area contributed by atoms with Gasteiger partial charge in [-0.3, -0.25) is 9.59 Å². The fraction of sp³-hybridized carbons (Fsp3) is 0. The number of nitrogens with one attached hydrogen (secondary N) is 2. The summed E-state index contributed by atoms with van der Waals surface area (Å²) in [6.45, 7) is 0. The predicted octanol–water partition coefficient (Wildman–Crippen LogP) is 2.54. The quantitative estimate of drug-likeness (QED) is 0.687. The van der Waals surface area contributed by atoms with Gasteiger partial charge in [0.05, 0.1) is 5.39 Å². The molecule has 1 aromatic heterocycles. The van der Waals surface area contributed by atoms with Crippen molar-refractivity contribution in [3.8, 4) is 0 Å². The molecule has 1 heterocycles. The van der Waals surface area contributed by atoms with E-state index in [9.17, 15) is 14.4 Å². The van der Waals surface area contributed by atoms with Gasteiger partial charge in [-0.2, -0.15) is 0 Å². The fourth-order valence-corrected chi connectivity index (χ4v) is 2.19. The SMILES string of the molecule is NC(=O)Nc1ccc(NC(=O)c2cc(=O)c3ccccc3o2)cc1. The average Bonchev–Trinajstić information content (AvgIpc) is 2.56. The Kier molecular flexibility index (Phi) is 3.98. The Morgan fingerprint density at radius 1 is 0.917 bits per heavy atom. The largest absolute Gasteiger partial charge is 0.451 e. The van der Waals surface area contributed by atoms with Gasteiger partial charge in [-0.05, 0) is 36.4 Å². The van der Waals surface area contributed by atoms with Crippen LogP contribution in [0, 0.1) is 0 Å². The van der Waals surface area contributed by atoms with Crippen LogP contribution in [0.5, 0.6) is 0 Å². The number of primary amides is 1. The molecule has 3 rings (SSSR count). The number of carbonyl (C=O) groups excluding carboxylic acids is 2. The summed E-state index contributed by atoms with van der Waals surface area (Å²) in [6.07, 6.45) is 0. The molecule has 0 atom stereocenters. The molecule has 0 aliphatic rings. The molecule has 3 amide bonds. The molecule has 0 saturated carbocycles. The Hall–Kier alpha value is -3.61. The number of hydrogen-bond donors (Lipinski definition) is 3. The first-order valence-electron chi connectivity index (χ1n) is 7.04. The van der Waals surface area contributed by atoms with Crippen molar-refractivity contribution in [3.05, 3.63) is 70.6 Å². The molecular formula is C17H13N3O4. The lowest BCUT2D eigenvalue weighted by molar-refractivity contribution is 0.0997. The van der Waals surface area contributed by atoms with E-state index in [2.05, 4.69) is 10.6 Å². The van der Waals surface area contributed by atoms with Crippen molar-refractivity contribution >= 4 is 34.3 Å². The molecule has 0 spiro atoms. The van der Waals surface area contributed by atoms with Gasteiger partial charge >= 0.3 is 6.03 Å². The third-order valence-corrected chi connectivity index (χ3v) is 3.27. The molecule has 0 aliphatic heterocycles. The minimum atomic E-state index is -0.676. The monoisotopic (exact) mass is 323 g/mol. The van der Waals surface area contributed by atoms with E-state index in [1.54, 1.807) is 48.5 Å². The van der Waals surface area contributed by atoms with Crippen LogP contribution in [0.1, 0.15) is 10.6 Å². The van der Waals surface area contributed by atoms with Crippen molar-refractivity contribution < 1.29 is 14.0 Å². The third-order valence-electron chi connectivity index (χ3n) is 3.27. The molecule has 0 bridgehead atoms. The molecule has 7 heteroatoms. The molecule has 3 aromatic rings. The van der Waals surface area contributed by atoms with Crippen molar-refractivity contribution in [1.82, 2.24) is 0 Å². The van der Waals surface area contributed by atoms with E-state index < -0.39 is 11.9 Å². The molecule has 0 aliphatic carbocycles. The van der Waals surface area contributed by atoms with E-state index >= 15 is 0 Å². The number of anilines is 2. The van der Waals surface area contributed by atoms with Gasteiger partial charge in [-0.1, -0.05) is 12.1 Å². The molecule has 2 aromatic carbocycles. The second-order valence-corrected chi connectivity index (χ2v) is 4.99. The molecular weight excluding hydrogens is 310 g/mol. The Morgan fingerprint density at radius 3 is 2.21 bits per heavy atom. The molecule has 120 valence electrons. The van der Waals surface area contributed by atoms with E-state index in [0.717, 1.165) is 6.07 Å². The molecule has 0 saturated heterocycles. The number of nitrogens with two attached hydrogens (primary N) is 1. The highest BCUT2D eigenvalue weighted by atomic mass is 16.3. The second-order valence-electron chi connectivity index (χ2n) is 4.99. The maximum absolute atomic E-state index is 12.2. The smallest absolute Gasteiger partial charge is 0.316 e. The number of benzene rings is 2. The molecule has 0 unspecified atom stereocenters. The van der Waals surface area contributed by atoms with Crippen LogP contribution < -0.4 is 21.8 Å². The van der Waals surface area contributed by atoms with Gasteiger partial charge in [0, 0.05) is 17.4 Å². The van der Waals surface area contributed by atoms with Crippen LogP contribution in [0.15, 0.2) is 63.8 Å². The average molecular weight is 323 g/mol. The number of fused-ring (bicyclic) bond motifs is 1. The summed E-state index contributed by atoms with van der Waals surface area (Å²) in [5.74, 6) is -0.633. The van der Waals surface area contributed by atoms with Crippen LogP contribution >= 0.6 is 0 Å². The number of hydrogen-bond acceptors (Lipinski definition) is 4. The zero-order valence-electron chi connectivity index (χ0n) is 12.4. The Bertz CT molecular complexity index is 977. The van der Waals surface area contributed by atoms with Crippen LogP contribution in [0.4, 0.5) is 16.2 Å². The van der Waals surface area contributed by atoms with Crippen LogP contribution in [-0.4, -0.2) is 11.9 Å². The Balaban J connectivity index is 1.82. The molecule has 0 fully saturated rings. The van der Waals surface area contributed by atoms with Crippen LogP contribution in [-0.2, 0) is 0 Å². The highest BCUT2D eigenvalue weighted by Gasteiger charge is 2.12. The first kappa shape index (κ1) is 15.3. The summed E-state index contributed by atoms with van der Waals surface area (Å²) < 4.78 is 5.47. The van der Waals surface area contributed by atoms with Crippen molar-refractivity contribution in [3.63, 3.8) is 0 Å². The summed E-state index contributed by atoms with van der Waals surface area (Å²) in [5, 5.41) is 5.44. The summed E-state index contributed by atoms with van der Waals surface area (Å²) >= 11 is 0. The van der Waals surface area contributed by atoms with Gasteiger partial charge in [-0.25, -0.2) is 4.79 Å². The van der Waals surface area contributed by atoms with Gasteiger partial charge in [0.25, 0.3) is 5.91 Å². The normalized spacial score (nSPS) is 10.3. The number of rotatable bonds is 3. The van der Waals surface area contributed by atoms with E-state index in [1.165, 1.54) is 0 Å². The fourth-order valence-electron chi connectivity index (χ4n) is 2.19. The van der Waals surface area contributed by atoms with Crippen LogP contribution in [0.3, 0.4) is 0 Å². The van der Waals surface area contributed by atoms with Crippen LogP contribution in [0.2, 0.25) is 0 Å². The van der Waals surface area contributed by atoms with E-state index in [4.69, 9.17) is 10.2 Å².